The van der Waals surface area contributed by atoms with E-state index in [2.05, 4.69) is 16.0 Å². The number of nitrogens with zero attached hydrogens (tertiary/aromatic N) is 1. The lowest BCUT2D eigenvalue weighted by Crippen LogP contribution is -1.69. The molecule has 0 unspecified atom stereocenters. The number of fused-ring (bicyclic) bond motifs is 1. The van der Waals surface area contributed by atoms with Crippen molar-refractivity contribution in [3.63, 3.8) is 0 Å². The highest BCUT2D eigenvalue weighted by Crippen LogP contribution is 2.04. The molecule has 0 fully saturated rings. The molecule has 2 heterocycles. The topological polar surface area (TPSA) is 28.7 Å². The van der Waals surface area contributed by atoms with E-state index >= 15 is 0 Å². The molecule has 9 heavy (non-hydrogen) atoms. The van der Waals surface area contributed by atoms with E-state index in [1.165, 1.54) is 0 Å². The van der Waals surface area contributed by atoms with Gasteiger partial charge in [-0.2, -0.15) is 0 Å². The van der Waals surface area contributed by atoms with Crippen LogP contribution in [0.5, 0.6) is 0 Å². The van der Waals surface area contributed by atoms with Crippen molar-refractivity contribution in [2.24, 2.45) is 0 Å². The fourth-order valence-electron chi connectivity index (χ4n) is 0.819. The van der Waals surface area contributed by atoms with Crippen LogP contribution in [0.1, 0.15) is 0 Å². The Kier molecular flexibility index (Phi) is 0.803. The largest absolute Gasteiger partial charge is 0.359 e. The van der Waals surface area contributed by atoms with Crippen molar-refractivity contribution in [2.75, 3.05) is 0 Å². The summed E-state index contributed by atoms with van der Waals surface area (Å²) in [4.78, 5) is 7.06. The Hall–Kier alpha value is -1.31. The SMILES string of the molecule is [c]1c[nH]c2cccnc12. The summed E-state index contributed by atoms with van der Waals surface area (Å²) in [5.74, 6) is 0. The van der Waals surface area contributed by atoms with Crippen LogP contribution in [0.2, 0.25) is 0 Å². The summed E-state index contributed by atoms with van der Waals surface area (Å²) in [7, 11) is 0. The van der Waals surface area contributed by atoms with Crippen LogP contribution in [0.15, 0.2) is 24.5 Å². The van der Waals surface area contributed by atoms with Crippen LogP contribution in [0.25, 0.3) is 11.0 Å². The van der Waals surface area contributed by atoms with E-state index in [-0.39, 0.29) is 0 Å². The number of hydrogen-bond acceptors (Lipinski definition) is 1. The van der Waals surface area contributed by atoms with Crippen LogP contribution in [0.4, 0.5) is 0 Å². The highest BCUT2D eigenvalue weighted by atomic mass is 14.7. The molecule has 0 aliphatic heterocycles. The molecule has 0 saturated carbocycles. The van der Waals surface area contributed by atoms with E-state index in [1.807, 2.05) is 12.1 Å². The molecule has 2 heteroatoms. The molecule has 0 bridgehead atoms. The minimum absolute atomic E-state index is 0.900. The highest BCUT2D eigenvalue weighted by molar-refractivity contribution is 5.73. The summed E-state index contributed by atoms with van der Waals surface area (Å²) in [6.45, 7) is 0. The van der Waals surface area contributed by atoms with Crippen molar-refractivity contribution < 1.29 is 0 Å². The highest BCUT2D eigenvalue weighted by Gasteiger charge is 1.89. The van der Waals surface area contributed by atoms with Gasteiger partial charge in [0.1, 0.15) is 0 Å². The maximum Gasteiger partial charge on any atom is 0.0958 e. The van der Waals surface area contributed by atoms with Gasteiger partial charge >= 0.3 is 0 Å². The molecule has 2 nitrogen and oxygen atoms in total. The molecule has 2 aromatic rings. The molecular weight excluding hydrogens is 112 g/mol. The fourth-order valence-corrected chi connectivity index (χ4v) is 0.819. The van der Waals surface area contributed by atoms with Crippen molar-refractivity contribution >= 4 is 11.0 Å². The number of aromatic nitrogens is 2. The zero-order valence-corrected chi connectivity index (χ0v) is 4.76. The zero-order valence-electron chi connectivity index (χ0n) is 4.76. The lowest BCUT2D eigenvalue weighted by Gasteiger charge is -1.82. The molecule has 0 aliphatic rings. The third kappa shape index (κ3) is 0.598. The Labute approximate surface area is 52.5 Å². The molecule has 0 amide bonds. The molecule has 0 aromatic carbocycles. The van der Waals surface area contributed by atoms with Crippen LogP contribution in [0, 0.1) is 6.07 Å². The molecule has 1 N–H and O–H groups in total. The van der Waals surface area contributed by atoms with E-state index in [0.717, 1.165) is 11.0 Å². The second-order valence-electron chi connectivity index (χ2n) is 1.83. The van der Waals surface area contributed by atoms with Crippen molar-refractivity contribution in [3.8, 4) is 0 Å². The maximum atomic E-state index is 4.05. The van der Waals surface area contributed by atoms with Gasteiger partial charge in [0.25, 0.3) is 0 Å². The number of pyridine rings is 1. The molecule has 43 valence electrons. The molecule has 0 atom stereocenters. The first-order chi connectivity index (χ1) is 4.47. The standard InChI is InChI=1S/C7H5N2/c1-2-6-7(8-4-1)3-5-9-6/h1-2,4-5,9H. The van der Waals surface area contributed by atoms with E-state index in [0.29, 0.717) is 0 Å². The lowest BCUT2D eigenvalue weighted by molar-refractivity contribution is 1.41. The summed E-state index contributed by atoms with van der Waals surface area (Å²) in [5, 5.41) is 0. The second-order valence-corrected chi connectivity index (χ2v) is 1.83. The van der Waals surface area contributed by atoms with E-state index in [1.54, 1.807) is 12.4 Å². The first-order valence-electron chi connectivity index (χ1n) is 2.76. The maximum absolute atomic E-state index is 4.05. The normalized spacial score (nSPS) is 10.2. The van der Waals surface area contributed by atoms with Gasteiger partial charge in [-0.05, 0) is 12.1 Å². The monoisotopic (exact) mass is 117 g/mol. The van der Waals surface area contributed by atoms with Crippen LogP contribution < -0.4 is 0 Å². The van der Waals surface area contributed by atoms with Crippen molar-refractivity contribution in [3.05, 3.63) is 30.6 Å². The molecule has 2 rings (SSSR count). The Morgan fingerprint density at radius 1 is 1.56 bits per heavy atom. The number of aromatic amines is 1. The number of hydrogen-bond donors (Lipinski definition) is 1. The van der Waals surface area contributed by atoms with E-state index in [9.17, 15) is 0 Å². The summed E-state index contributed by atoms with van der Waals surface area (Å²) in [6, 6.07) is 6.82. The predicted octanol–water partition coefficient (Wildman–Crippen LogP) is 1.36. The smallest absolute Gasteiger partial charge is 0.0958 e. The minimum atomic E-state index is 0.900. The fraction of sp³-hybridized carbons (Fsp3) is 0. The molecule has 2 aromatic heterocycles. The van der Waals surface area contributed by atoms with Gasteiger partial charge in [0, 0.05) is 18.5 Å². The molecular formula is C7H5N2. The van der Waals surface area contributed by atoms with Gasteiger partial charge in [0.15, 0.2) is 0 Å². The summed E-state index contributed by atoms with van der Waals surface area (Å²) in [5.41, 5.74) is 1.94. The van der Waals surface area contributed by atoms with Crippen molar-refractivity contribution in [1.82, 2.24) is 9.97 Å². The second kappa shape index (κ2) is 1.58. The third-order valence-electron chi connectivity index (χ3n) is 1.24. The third-order valence-corrected chi connectivity index (χ3v) is 1.24. The van der Waals surface area contributed by atoms with Gasteiger partial charge < -0.3 is 4.98 Å². The summed E-state index contributed by atoms with van der Waals surface area (Å²) in [6.07, 6.45) is 3.52. The molecule has 1 radical (unpaired) electrons. The van der Waals surface area contributed by atoms with Gasteiger partial charge in [0.2, 0.25) is 0 Å². The zero-order chi connectivity index (χ0) is 6.10. The van der Waals surface area contributed by atoms with Crippen molar-refractivity contribution in [2.45, 2.75) is 0 Å². The Balaban J connectivity index is 2.95. The molecule has 0 spiro atoms. The Morgan fingerprint density at radius 3 is 3.44 bits per heavy atom. The summed E-state index contributed by atoms with van der Waals surface area (Å²) < 4.78 is 0. The van der Waals surface area contributed by atoms with E-state index < -0.39 is 0 Å². The first-order valence-corrected chi connectivity index (χ1v) is 2.76. The van der Waals surface area contributed by atoms with Crippen LogP contribution in [0.3, 0.4) is 0 Å². The number of rotatable bonds is 0. The quantitative estimate of drug-likeness (QED) is 0.554. The van der Waals surface area contributed by atoms with Gasteiger partial charge in [-0.1, -0.05) is 0 Å². The van der Waals surface area contributed by atoms with Crippen LogP contribution in [-0.2, 0) is 0 Å². The lowest BCUT2D eigenvalue weighted by atomic mass is 10.4. The number of nitrogens with one attached hydrogen (secondary N) is 1. The van der Waals surface area contributed by atoms with Gasteiger partial charge in [0.05, 0.1) is 11.0 Å². The van der Waals surface area contributed by atoms with Gasteiger partial charge in [-0.15, -0.1) is 0 Å². The van der Waals surface area contributed by atoms with Crippen LogP contribution >= 0.6 is 0 Å². The van der Waals surface area contributed by atoms with Gasteiger partial charge in [-0.3, -0.25) is 4.98 Å². The van der Waals surface area contributed by atoms with E-state index in [4.69, 9.17) is 0 Å². The Bertz CT molecular complexity index is 281. The average molecular weight is 117 g/mol. The first kappa shape index (κ1) is 4.56. The average Bonchev–Trinajstić information content (AvgIpc) is 2.33. The number of H-pyrrole nitrogens is 1. The van der Waals surface area contributed by atoms with Crippen molar-refractivity contribution in [1.29, 1.82) is 0 Å². The minimum Gasteiger partial charge on any atom is -0.359 e. The van der Waals surface area contributed by atoms with Gasteiger partial charge in [-0.25, -0.2) is 0 Å². The Morgan fingerprint density at radius 2 is 2.56 bits per heavy atom. The molecule has 0 saturated heterocycles. The summed E-state index contributed by atoms with van der Waals surface area (Å²) >= 11 is 0. The van der Waals surface area contributed by atoms with Crippen LogP contribution in [-0.4, -0.2) is 9.97 Å². The molecule has 0 aliphatic carbocycles. The predicted molar refractivity (Wildman–Crippen MR) is 34.9 cm³/mol.